The van der Waals surface area contributed by atoms with Crippen molar-refractivity contribution in [1.29, 1.82) is 0 Å². The van der Waals surface area contributed by atoms with Crippen LogP contribution in [0.4, 0.5) is 5.95 Å². The van der Waals surface area contributed by atoms with E-state index in [2.05, 4.69) is 15.4 Å². The number of rotatable bonds is 3. The number of fused-ring (bicyclic) bond motifs is 3. The normalized spacial score (nSPS) is 18.2. The molecule has 0 saturated carbocycles. The molecule has 8 heteroatoms. The quantitative estimate of drug-likeness (QED) is 0.410. The second kappa shape index (κ2) is 8.04. The van der Waals surface area contributed by atoms with Gasteiger partial charge in [-0.15, -0.1) is 0 Å². The van der Waals surface area contributed by atoms with Crippen molar-refractivity contribution < 1.29 is 14.3 Å². The smallest absolute Gasteiger partial charge is 0.337 e. The lowest BCUT2D eigenvalue weighted by Crippen LogP contribution is -2.32. The molecule has 0 amide bonds. The first kappa shape index (κ1) is 20.5. The third kappa shape index (κ3) is 3.24. The van der Waals surface area contributed by atoms with Gasteiger partial charge in [-0.05, 0) is 47.5 Å². The summed E-state index contributed by atoms with van der Waals surface area (Å²) in [6, 6.07) is 22.6. The Labute approximate surface area is 200 Å². The minimum absolute atomic E-state index is 0.300. The Morgan fingerprint density at radius 2 is 1.88 bits per heavy atom. The number of benzene rings is 3. The summed E-state index contributed by atoms with van der Waals surface area (Å²) in [7, 11) is 1.37. The van der Waals surface area contributed by atoms with Crippen molar-refractivity contribution in [2.24, 2.45) is 0 Å². The van der Waals surface area contributed by atoms with Gasteiger partial charge in [0.2, 0.25) is 5.95 Å². The van der Waals surface area contributed by atoms with Crippen LogP contribution in [0.1, 0.15) is 39.2 Å². The van der Waals surface area contributed by atoms with Crippen LogP contribution in [0.3, 0.4) is 0 Å². The second-order valence-electron chi connectivity index (χ2n) is 8.05. The fourth-order valence-electron chi connectivity index (χ4n) is 4.60. The summed E-state index contributed by atoms with van der Waals surface area (Å²) >= 11 is 6.38. The number of carbonyl (C=O) groups is 1. The lowest BCUT2D eigenvalue weighted by Gasteiger charge is -2.39. The fraction of sp³-hybridized carbons (Fsp3) is 0.115. The summed E-state index contributed by atoms with van der Waals surface area (Å²) in [5.74, 6) is 1.01. The van der Waals surface area contributed by atoms with Crippen LogP contribution in [0.5, 0.6) is 5.75 Å². The lowest BCUT2D eigenvalue weighted by atomic mass is 9.84. The highest BCUT2D eigenvalue weighted by atomic mass is 35.5. The first-order valence-electron chi connectivity index (χ1n) is 10.7. The van der Waals surface area contributed by atoms with Crippen LogP contribution in [0.2, 0.25) is 5.02 Å². The highest BCUT2D eigenvalue weighted by Crippen LogP contribution is 2.50. The van der Waals surface area contributed by atoms with E-state index in [4.69, 9.17) is 21.1 Å². The Kier molecular flexibility index (Phi) is 4.85. The number of nitrogens with one attached hydrogen (secondary N) is 1. The number of para-hydroxylation sites is 1. The van der Waals surface area contributed by atoms with Crippen LogP contribution < -0.4 is 10.1 Å². The zero-order valence-corrected chi connectivity index (χ0v) is 18.9. The van der Waals surface area contributed by atoms with Gasteiger partial charge in [0.25, 0.3) is 0 Å². The van der Waals surface area contributed by atoms with E-state index >= 15 is 0 Å². The molecule has 6 rings (SSSR count). The first-order chi connectivity index (χ1) is 16.6. The number of ether oxygens (including phenoxy) is 2. The average molecular weight is 471 g/mol. The highest BCUT2D eigenvalue weighted by molar-refractivity contribution is 6.30. The van der Waals surface area contributed by atoms with E-state index in [-0.39, 0.29) is 12.0 Å². The van der Waals surface area contributed by atoms with Gasteiger partial charge in [0, 0.05) is 16.2 Å². The Balaban J connectivity index is 1.57. The van der Waals surface area contributed by atoms with E-state index in [0.29, 0.717) is 16.5 Å². The third-order valence-corrected chi connectivity index (χ3v) is 6.36. The zero-order valence-electron chi connectivity index (χ0n) is 18.1. The molecule has 2 aliphatic heterocycles. The number of esters is 1. The molecule has 168 valence electrons. The summed E-state index contributed by atoms with van der Waals surface area (Å²) in [4.78, 5) is 16.4. The number of hydrogen-bond donors (Lipinski definition) is 1. The summed E-state index contributed by atoms with van der Waals surface area (Å²) in [6.45, 7) is 0. The number of aromatic nitrogens is 3. The maximum absolute atomic E-state index is 12.0. The molecular weight excluding hydrogens is 452 g/mol. The molecule has 3 aromatic carbocycles. The maximum Gasteiger partial charge on any atom is 0.337 e. The van der Waals surface area contributed by atoms with Gasteiger partial charge in [0.1, 0.15) is 24.2 Å². The van der Waals surface area contributed by atoms with Crippen molar-refractivity contribution in [3.63, 3.8) is 0 Å². The molecule has 0 aliphatic carbocycles. The molecular formula is C26H19ClN4O3. The van der Waals surface area contributed by atoms with Gasteiger partial charge in [-0.1, -0.05) is 48.0 Å². The van der Waals surface area contributed by atoms with E-state index in [1.54, 1.807) is 12.1 Å². The molecule has 1 aromatic heterocycles. The SMILES string of the molecule is COC(=O)c1ccc(C2Oc3ccccc3C3=C2C(c2cccc(Cl)c2)n2ncnc2N3)cc1. The standard InChI is InChI=1S/C26H19ClN4O3/c1-33-25(32)16-11-9-15(10-12-16)24-21-22(19-7-2-3-8-20(19)34-24)30-26-28-14-29-31(26)23(21)17-5-4-6-18(27)13-17/h2-14,23-24H,1H3,(H,28,29,30). The van der Waals surface area contributed by atoms with E-state index in [1.165, 1.54) is 13.4 Å². The number of carbonyl (C=O) groups excluding carboxylic acids is 1. The fourth-order valence-corrected chi connectivity index (χ4v) is 4.80. The molecule has 2 unspecified atom stereocenters. The Bertz CT molecular complexity index is 1440. The van der Waals surface area contributed by atoms with Gasteiger partial charge in [0.15, 0.2) is 0 Å². The molecule has 34 heavy (non-hydrogen) atoms. The number of methoxy groups -OCH3 is 1. The van der Waals surface area contributed by atoms with Crippen LogP contribution in [0.25, 0.3) is 5.70 Å². The molecule has 7 nitrogen and oxygen atoms in total. The van der Waals surface area contributed by atoms with Crippen molar-refractivity contribution in [2.45, 2.75) is 12.1 Å². The van der Waals surface area contributed by atoms with Crippen LogP contribution in [0.15, 0.2) is 84.7 Å². The van der Waals surface area contributed by atoms with Gasteiger partial charge < -0.3 is 14.8 Å². The molecule has 2 atom stereocenters. The first-order valence-corrected chi connectivity index (χ1v) is 11.1. The average Bonchev–Trinajstić information content (AvgIpc) is 3.35. The summed E-state index contributed by atoms with van der Waals surface area (Å²) in [5, 5.41) is 8.62. The number of nitrogens with zero attached hydrogens (tertiary/aromatic N) is 3. The zero-order chi connectivity index (χ0) is 23.2. The lowest BCUT2D eigenvalue weighted by molar-refractivity contribution is 0.0600. The van der Waals surface area contributed by atoms with Crippen molar-refractivity contribution in [3.8, 4) is 5.75 Å². The van der Waals surface area contributed by atoms with Crippen molar-refractivity contribution in [2.75, 3.05) is 12.4 Å². The summed E-state index contributed by atoms with van der Waals surface area (Å²) < 4.78 is 13.3. The Hall–Kier alpha value is -4.10. The van der Waals surface area contributed by atoms with E-state index < -0.39 is 6.10 Å². The summed E-state index contributed by atoms with van der Waals surface area (Å²) in [6.07, 6.45) is 1.09. The van der Waals surface area contributed by atoms with Crippen LogP contribution in [-0.2, 0) is 4.74 Å². The van der Waals surface area contributed by atoms with Gasteiger partial charge in [-0.25, -0.2) is 9.48 Å². The molecule has 0 radical (unpaired) electrons. The van der Waals surface area contributed by atoms with Crippen LogP contribution in [-0.4, -0.2) is 27.8 Å². The minimum Gasteiger partial charge on any atom is -0.480 e. The molecule has 1 N–H and O–H groups in total. The Morgan fingerprint density at radius 3 is 2.68 bits per heavy atom. The van der Waals surface area contributed by atoms with Gasteiger partial charge >= 0.3 is 5.97 Å². The molecule has 0 bridgehead atoms. The molecule has 3 heterocycles. The number of anilines is 1. The van der Waals surface area contributed by atoms with E-state index in [1.807, 2.05) is 65.3 Å². The van der Waals surface area contributed by atoms with Gasteiger partial charge in [0.05, 0.1) is 18.4 Å². The largest absolute Gasteiger partial charge is 0.480 e. The minimum atomic E-state index is -0.439. The highest BCUT2D eigenvalue weighted by Gasteiger charge is 2.40. The van der Waals surface area contributed by atoms with Crippen molar-refractivity contribution in [1.82, 2.24) is 14.8 Å². The molecule has 2 aliphatic rings. The number of hydrogen-bond acceptors (Lipinski definition) is 6. The summed E-state index contributed by atoms with van der Waals surface area (Å²) in [5.41, 5.74) is 5.18. The van der Waals surface area contributed by atoms with E-state index in [0.717, 1.165) is 33.7 Å². The van der Waals surface area contributed by atoms with Crippen molar-refractivity contribution in [3.05, 3.63) is 112 Å². The molecule has 0 saturated heterocycles. The molecule has 0 spiro atoms. The third-order valence-electron chi connectivity index (χ3n) is 6.12. The monoisotopic (exact) mass is 470 g/mol. The van der Waals surface area contributed by atoms with Crippen LogP contribution >= 0.6 is 11.6 Å². The Morgan fingerprint density at radius 1 is 1.06 bits per heavy atom. The number of halogens is 1. The predicted octanol–water partition coefficient (Wildman–Crippen LogP) is 5.28. The van der Waals surface area contributed by atoms with Gasteiger partial charge in [-0.3, -0.25) is 0 Å². The maximum atomic E-state index is 12.0. The topological polar surface area (TPSA) is 78.3 Å². The molecule has 0 fully saturated rings. The van der Waals surface area contributed by atoms with Gasteiger partial charge in [-0.2, -0.15) is 10.1 Å². The van der Waals surface area contributed by atoms with E-state index in [9.17, 15) is 4.79 Å². The molecule has 4 aromatic rings. The predicted molar refractivity (Wildman–Crippen MR) is 128 cm³/mol. The van der Waals surface area contributed by atoms with Crippen molar-refractivity contribution >= 4 is 29.2 Å². The van der Waals surface area contributed by atoms with Crippen LogP contribution in [0, 0.1) is 0 Å². The second-order valence-corrected chi connectivity index (χ2v) is 8.49.